The molecule has 6 heteroatoms. The Morgan fingerprint density at radius 3 is 2.38 bits per heavy atom. The summed E-state index contributed by atoms with van der Waals surface area (Å²) in [5, 5.41) is 14.0. The van der Waals surface area contributed by atoms with Crippen molar-refractivity contribution in [3.8, 4) is 5.75 Å². The zero-order valence-corrected chi connectivity index (χ0v) is 12.6. The van der Waals surface area contributed by atoms with Gasteiger partial charge < -0.3 is 20.5 Å². The Morgan fingerprint density at radius 2 is 1.86 bits per heavy atom. The van der Waals surface area contributed by atoms with Gasteiger partial charge in [-0.25, -0.2) is 9.59 Å². The van der Waals surface area contributed by atoms with Crippen LogP contribution in [0.1, 0.15) is 27.2 Å². The number of rotatable bonds is 7. The summed E-state index contributed by atoms with van der Waals surface area (Å²) < 4.78 is 5.01. The Bertz CT molecular complexity index is 483. The molecule has 0 aromatic heterocycles. The van der Waals surface area contributed by atoms with Gasteiger partial charge in [0.2, 0.25) is 0 Å². The van der Waals surface area contributed by atoms with Crippen molar-refractivity contribution in [1.29, 1.82) is 0 Å². The second-order valence-electron chi connectivity index (χ2n) is 5.53. The third-order valence-electron chi connectivity index (χ3n) is 3.16. The van der Waals surface area contributed by atoms with Crippen molar-refractivity contribution in [3.63, 3.8) is 0 Å². The monoisotopic (exact) mass is 294 g/mol. The Hall–Kier alpha value is -2.24. The number of carboxylic acids is 1. The Labute approximate surface area is 124 Å². The van der Waals surface area contributed by atoms with E-state index in [2.05, 4.69) is 31.4 Å². The molecule has 0 atom stereocenters. The number of anilines is 1. The molecule has 21 heavy (non-hydrogen) atoms. The van der Waals surface area contributed by atoms with Crippen LogP contribution in [0.3, 0.4) is 0 Å². The van der Waals surface area contributed by atoms with Gasteiger partial charge in [0.05, 0.1) is 0 Å². The lowest BCUT2D eigenvalue weighted by Crippen LogP contribution is -2.36. The summed E-state index contributed by atoms with van der Waals surface area (Å²) >= 11 is 0. The van der Waals surface area contributed by atoms with Gasteiger partial charge in [-0.2, -0.15) is 0 Å². The molecule has 0 fully saturated rings. The van der Waals surface area contributed by atoms with E-state index in [4.69, 9.17) is 9.84 Å². The number of ether oxygens (including phenoxy) is 1. The van der Waals surface area contributed by atoms with Crippen molar-refractivity contribution < 1.29 is 19.4 Å². The van der Waals surface area contributed by atoms with Gasteiger partial charge in [-0.15, -0.1) is 0 Å². The molecule has 1 aromatic carbocycles. The van der Waals surface area contributed by atoms with Gasteiger partial charge in [-0.05, 0) is 36.1 Å². The fraction of sp³-hybridized carbons (Fsp3) is 0.467. The van der Waals surface area contributed by atoms with Crippen LogP contribution < -0.4 is 15.4 Å². The second-order valence-corrected chi connectivity index (χ2v) is 5.53. The molecule has 0 bridgehead atoms. The normalized spacial score (nSPS) is 10.8. The quantitative estimate of drug-likeness (QED) is 0.721. The van der Waals surface area contributed by atoms with Crippen LogP contribution in [0, 0.1) is 5.41 Å². The molecule has 2 amide bonds. The fourth-order valence-corrected chi connectivity index (χ4v) is 1.40. The van der Waals surface area contributed by atoms with E-state index in [1.807, 2.05) is 0 Å². The van der Waals surface area contributed by atoms with Crippen molar-refractivity contribution in [2.45, 2.75) is 27.2 Å². The highest BCUT2D eigenvalue weighted by Gasteiger charge is 2.15. The number of benzene rings is 1. The van der Waals surface area contributed by atoms with E-state index in [-0.39, 0.29) is 18.1 Å². The van der Waals surface area contributed by atoms with Crippen molar-refractivity contribution in [3.05, 3.63) is 24.3 Å². The maximum atomic E-state index is 11.7. The van der Waals surface area contributed by atoms with Crippen LogP contribution in [0.15, 0.2) is 24.3 Å². The number of aliphatic carboxylic acids is 1. The van der Waals surface area contributed by atoms with E-state index in [9.17, 15) is 9.59 Å². The molecule has 6 nitrogen and oxygen atoms in total. The first-order valence-electron chi connectivity index (χ1n) is 6.82. The van der Waals surface area contributed by atoms with Crippen LogP contribution in [0.2, 0.25) is 0 Å². The van der Waals surface area contributed by atoms with Crippen molar-refractivity contribution in [2.24, 2.45) is 5.41 Å². The van der Waals surface area contributed by atoms with Gasteiger partial charge in [-0.3, -0.25) is 0 Å². The topological polar surface area (TPSA) is 87.7 Å². The smallest absolute Gasteiger partial charge is 0.341 e. The summed E-state index contributed by atoms with van der Waals surface area (Å²) in [7, 11) is 0. The van der Waals surface area contributed by atoms with Gasteiger partial charge >= 0.3 is 12.0 Å². The van der Waals surface area contributed by atoms with E-state index in [0.717, 1.165) is 6.42 Å². The lowest BCUT2D eigenvalue weighted by molar-refractivity contribution is -0.139. The number of urea groups is 1. The van der Waals surface area contributed by atoms with Crippen LogP contribution in [0.25, 0.3) is 0 Å². The van der Waals surface area contributed by atoms with Crippen LogP contribution in [-0.4, -0.2) is 30.3 Å². The first-order valence-corrected chi connectivity index (χ1v) is 6.82. The summed E-state index contributed by atoms with van der Waals surface area (Å²) in [6, 6.07) is 6.25. The zero-order chi connectivity index (χ0) is 15.9. The van der Waals surface area contributed by atoms with Gasteiger partial charge in [-0.1, -0.05) is 20.8 Å². The Kier molecular flexibility index (Phi) is 6.02. The van der Waals surface area contributed by atoms with Gasteiger partial charge in [0.25, 0.3) is 0 Å². The largest absolute Gasteiger partial charge is 0.482 e. The SMILES string of the molecule is CCC(C)(C)CNC(=O)Nc1ccc(OCC(=O)O)cc1. The molecule has 0 heterocycles. The lowest BCUT2D eigenvalue weighted by atomic mass is 9.90. The Morgan fingerprint density at radius 1 is 1.24 bits per heavy atom. The molecule has 0 aliphatic rings. The van der Waals surface area contributed by atoms with Crippen molar-refractivity contribution in [2.75, 3.05) is 18.5 Å². The maximum Gasteiger partial charge on any atom is 0.341 e. The highest BCUT2D eigenvalue weighted by Crippen LogP contribution is 2.18. The molecule has 0 unspecified atom stereocenters. The van der Waals surface area contributed by atoms with E-state index in [1.165, 1.54) is 0 Å². The van der Waals surface area contributed by atoms with Crippen LogP contribution >= 0.6 is 0 Å². The third-order valence-corrected chi connectivity index (χ3v) is 3.16. The molecule has 0 aliphatic heterocycles. The summed E-state index contributed by atoms with van der Waals surface area (Å²) in [5.41, 5.74) is 0.677. The summed E-state index contributed by atoms with van der Waals surface area (Å²) in [4.78, 5) is 22.1. The molecule has 0 spiro atoms. The first-order chi connectivity index (χ1) is 9.82. The molecule has 116 valence electrons. The average molecular weight is 294 g/mol. The predicted octanol–water partition coefficient (Wildman–Crippen LogP) is 2.71. The highest BCUT2D eigenvalue weighted by molar-refractivity contribution is 5.89. The summed E-state index contributed by atoms with van der Waals surface area (Å²) in [5.74, 6) is -0.592. The number of carboxylic acid groups (broad SMARTS) is 1. The number of nitrogens with one attached hydrogen (secondary N) is 2. The van der Waals surface area contributed by atoms with Crippen LogP contribution in [0.4, 0.5) is 10.5 Å². The average Bonchev–Trinajstić information content (AvgIpc) is 2.44. The van der Waals surface area contributed by atoms with Gasteiger partial charge in [0.15, 0.2) is 6.61 Å². The maximum absolute atomic E-state index is 11.7. The van der Waals surface area contributed by atoms with Gasteiger partial charge in [0.1, 0.15) is 5.75 Å². The van der Waals surface area contributed by atoms with Crippen molar-refractivity contribution >= 4 is 17.7 Å². The number of carbonyl (C=O) groups is 2. The predicted molar refractivity (Wildman–Crippen MR) is 80.7 cm³/mol. The minimum absolute atomic E-state index is 0.0614. The fourth-order valence-electron chi connectivity index (χ4n) is 1.40. The minimum atomic E-state index is -1.03. The minimum Gasteiger partial charge on any atom is -0.482 e. The first kappa shape index (κ1) is 16.8. The molecule has 0 saturated carbocycles. The molecule has 1 aromatic rings. The van der Waals surface area contributed by atoms with E-state index in [1.54, 1.807) is 24.3 Å². The molecular formula is C15H22N2O4. The molecule has 3 N–H and O–H groups in total. The lowest BCUT2D eigenvalue weighted by Gasteiger charge is -2.22. The van der Waals surface area contributed by atoms with Gasteiger partial charge in [0, 0.05) is 12.2 Å². The second kappa shape index (κ2) is 7.52. The third kappa shape index (κ3) is 6.65. The number of carbonyl (C=O) groups excluding carboxylic acids is 1. The summed E-state index contributed by atoms with van der Waals surface area (Å²) in [6.45, 7) is 6.45. The van der Waals surface area contributed by atoms with Crippen LogP contribution in [0.5, 0.6) is 5.75 Å². The summed E-state index contributed by atoms with van der Waals surface area (Å²) in [6.07, 6.45) is 0.975. The number of amides is 2. The van der Waals surface area contributed by atoms with E-state index < -0.39 is 5.97 Å². The highest BCUT2D eigenvalue weighted by atomic mass is 16.5. The number of hydrogen-bond donors (Lipinski definition) is 3. The molecular weight excluding hydrogens is 272 g/mol. The Balaban J connectivity index is 2.44. The van der Waals surface area contributed by atoms with E-state index in [0.29, 0.717) is 18.0 Å². The molecule has 0 radical (unpaired) electrons. The molecule has 0 saturated heterocycles. The van der Waals surface area contributed by atoms with Crippen molar-refractivity contribution in [1.82, 2.24) is 5.32 Å². The zero-order valence-electron chi connectivity index (χ0n) is 12.6. The molecule has 1 rings (SSSR count). The standard InChI is InChI=1S/C15H22N2O4/c1-4-15(2,3)10-16-14(20)17-11-5-7-12(8-6-11)21-9-13(18)19/h5-8H,4,9-10H2,1-3H3,(H,18,19)(H2,16,17,20). The van der Waals surface area contributed by atoms with Crippen LogP contribution in [-0.2, 0) is 4.79 Å². The van der Waals surface area contributed by atoms with E-state index >= 15 is 0 Å². The number of hydrogen-bond acceptors (Lipinski definition) is 3. The molecule has 0 aliphatic carbocycles.